The molecule has 0 bridgehead atoms. The van der Waals surface area contributed by atoms with Gasteiger partial charge in [-0.3, -0.25) is 9.59 Å². The number of rotatable bonds is 2. The number of hydrogen-bond acceptors (Lipinski definition) is 2. The minimum absolute atomic E-state index is 0.0488. The quantitative estimate of drug-likeness (QED) is 0.169. The van der Waals surface area contributed by atoms with Crippen LogP contribution in [0.25, 0.3) is 109 Å². The van der Waals surface area contributed by atoms with Crippen LogP contribution in [-0.4, -0.2) is 9.13 Å². The minimum atomic E-state index is -0.0488. The molecule has 4 nitrogen and oxygen atoms in total. The molecule has 0 saturated heterocycles. The molecule has 0 unspecified atom stereocenters. The van der Waals surface area contributed by atoms with Crippen LogP contribution in [0.15, 0.2) is 167 Å². The van der Waals surface area contributed by atoms with Crippen molar-refractivity contribution in [2.45, 2.75) is 0 Å². The average molecular weight is 693 g/mol. The van der Waals surface area contributed by atoms with E-state index < -0.39 is 0 Å². The third kappa shape index (κ3) is 4.13. The second kappa shape index (κ2) is 11.2. The summed E-state index contributed by atoms with van der Waals surface area (Å²) >= 11 is 0. The van der Waals surface area contributed by atoms with Crippen LogP contribution in [0.2, 0.25) is 0 Å². The molecule has 0 amide bonds. The molecule has 0 fully saturated rings. The zero-order valence-electron chi connectivity index (χ0n) is 29.7. The van der Waals surface area contributed by atoms with E-state index in [9.17, 15) is 9.59 Å². The normalized spacial score (nSPS) is 12.0. The van der Waals surface area contributed by atoms with Gasteiger partial charge in [0.05, 0.1) is 22.1 Å². The molecule has 0 atom stereocenters. The molecule has 2 aromatic heterocycles. The molecule has 11 aromatic rings. The Hall–Kier alpha value is -7.04. The monoisotopic (exact) mass is 692 g/mol. The van der Waals surface area contributed by atoms with Crippen molar-refractivity contribution in [1.29, 1.82) is 0 Å². The third-order valence-electron chi connectivity index (χ3n) is 11.6. The van der Waals surface area contributed by atoms with Gasteiger partial charge >= 0.3 is 0 Å². The van der Waals surface area contributed by atoms with Crippen LogP contribution in [0.1, 0.15) is 0 Å². The molecular weight excluding hydrogens is 661 g/mol. The molecule has 0 aliphatic rings. The van der Waals surface area contributed by atoms with Crippen LogP contribution in [0.4, 0.5) is 0 Å². The number of hydrogen-bond donors (Lipinski definition) is 0. The summed E-state index contributed by atoms with van der Waals surface area (Å²) in [4.78, 5) is 29.5. The van der Waals surface area contributed by atoms with E-state index in [2.05, 4.69) is 130 Å². The molecule has 11 rings (SSSR count). The van der Waals surface area contributed by atoms with Crippen LogP contribution < -0.4 is 10.9 Å². The highest BCUT2D eigenvalue weighted by Gasteiger charge is 2.21. The van der Waals surface area contributed by atoms with Crippen LogP contribution in [0.3, 0.4) is 0 Å². The number of benzene rings is 9. The van der Waals surface area contributed by atoms with Gasteiger partial charge in [-0.15, -0.1) is 0 Å². The molecule has 0 radical (unpaired) electrons. The number of aromatic nitrogens is 2. The standard InChI is InChI=1S/C50H32N2O2/c1-51-43-27-42-44(52(2)48-38(22-12-24-40(48)50(42)54)46-35-19-9-5-15-31(35)26-32-16-6-10-20-36(32)46)28-41(43)49(53)39-23-11-21-37(47(39)51)45-33-17-7-3-13-29(33)25-30-14-4-8-18-34(30)45/h3-28H,1-2H3. The molecule has 0 aliphatic heterocycles. The van der Waals surface area contributed by atoms with Crippen LogP contribution in [0, 0.1) is 0 Å². The third-order valence-corrected chi connectivity index (χ3v) is 11.6. The molecular formula is C50H32N2O2. The first-order valence-corrected chi connectivity index (χ1v) is 18.3. The van der Waals surface area contributed by atoms with E-state index in [4.69, 9.17) is 0 Å². The van der Waals surface area contributed by atoms with Gasteiger partial charge in [-0.05, 0) is 90.6 Å². The van der Waals surface area contributed by atoms with Gasteiger partial charge in [-0.1, -0.05) is 121 Å². The van der Waals surface area contributed by atoms with Crippen molar-refractivity contribution in [3.05, 3.63) is 178 Å². The van der Waals surface area contributed by atoms with Crippen LogP contribution in [-0.2, 0) is 14.1 Å². The van der Waals surface area contributed by atoms with Gasteiger partial charge in [0, 0.05) is 46.8 Å². The van der Waals surface area contributed by atoms with Crippen molar-refractivity contribution >= 4 is 86.7 Å². The highest BCUT2D eigenvalue weighted by Crippen LogP contribution is 2.42. The Morgan fingerprint density at radius 3 is 1.00 bits per heavy atom. The summed E-state index contributed by atoms with van der Waals surface area (Å²) in [6.45, 7) is 0. The molecule has 0 N–H and O–H groups in total. The lowest BCUT2D eigenvalue weighted by atomic mass is 9.90. The average Bonchev–Trinajstić information content (AvgIpc) is 3.22. The summed E-state index contributed by atoms with van der Waals surface area (Å²) in [6, 6.07) is 54.2. The van der Waals surface area contributed by atoms with Gasteiger partial charge in [0.1, 0.15) is 0 Å². The van der Waals surface area contributed by atoms with E-state index in [1.807, 2.05) is 50.5 Å². The SMILES string of the molecule is Cn1c2cc3c(=O)c4cccc(-c5c6ccccc6cc6ccccc56)c4n(C)c3cc2c(=O)c2cccc(-c3c4ccccc4cc4ccccc34)c21. The van der Waals surface area contributed by atoms with Gasteiger partial charge in [-0.2, -0.15) is 0 Å². The fourth-order valence-electron chi connectivity index (χ4n) is 9.21. The number of para-hydroxylation sites is 2. The highest BCUT2D eigenvalue weighted by molar-refractivity contribution is 6.19. The lowest BCUT2D eigenvalue weighted by Crippen LogP contribution is -2.14. The Balaban J connectivity index is 1.25. The van der Waals surface area contributed by atoms with Crippen molar-refractivity contribution < 1.29 is 0 Å². The zero-order chi connectivity index (χ0) is 36.2. The van der Waals surface area contributed by atoms with Gasteiger partial charge < -0.3 is 9.13 Å². The molecule has 0 saturated carbocycles. The Bertz CT molecular complexity index is 3230. The Kier molecular flexibility index (Phi) is 6.36. The van der Waals surface area contributed by atoms with E-state index in [1.165, 1.54) is 0 Å². The van der Waals surface area contributed by atoms with E-state index in [-0.39, 0.29) is 10.9 Å². The predicted octanol–water partition coefficient (Wildman–Crippen LogP) is 11.6. The summed E-state index contributed by atoms with van der Waals surface area (Å²) in [5.74, 6) is 0. The van der Waals surface area contributed by atoms with E-state index >= 15 is 0 Å². The molecule has 4 heteroatoms. The lowest BCUT2D eigenvalue weighted by molar-refractivity contribution is 0.995. The summed E-state index contributed by atoms with van der Waals surface area (Å²) in [5, 5.41) is 11.6. The second-order valence-corrected chi connectivity index (χ2v) is 14.5. The Morgan fingerprint density at radius 2 is 0.648 bits per heavy atom. The predicted molar refractivity (Wildman–Crippen MR) is 228 cm³/mol. The molecule has 0 aliphatic carbocycles. The highest BCUT2D eigenvalue weighted by atomic mass is 16.1. The maximum absolute atomic E-state index is 14.7. The van der Waals surface area contributed by atoms with Crippen molar-refractivity contribution in [2.24, 2.45) is 14.1 Å². The molecule has 0 spiro atoms. The number of fused-ring (bicyclic) bond motifs is 8. The van der Waals surface area contributed by atoms with Gasteiger partial charge in [-0.25, -0.2) is 0 Å². The number of pyridine rings is 2. The van der Waals surface area contributed by atoms with Gasteiger partial charge in [0.25, 0.3) is 0 Å². The largest absolute Gasteiger partial charge is 0.343 e. The summed E-state index contributed by atoms with van der Waals surface area (Å²) in [6.07, 6.45) is 0. The fraction of sp³-hybridized carbons (Fsp3) is 0.0400. The van der Waals surface area contributed by atoms with Crippen LogP contribution in [0.5, 0.6) is 0 Å². The van der Waals surface area contributed by atoms with Gasteiger partial charge in [0.2, 0.25) is 0 Å². The summed E-state index contributed by atoms with van der Waals surface area (Å²) in [7, 11) is 4.03. The fourth-order valence-corrected chi connectivity index (χ4v) is 9.21. The van der Waals surface area contributed by atoms with E-state index in [1.54, 1.807) is 0 Å². The first-order chi connectivity index (χ1) is 26.5. The first kappa shape index (κ1) is 30.6. The Morgan fingerprint density at radius 1 is 0.333 bits per heavy atom. The minimum Gasteiger partial charge on any atom is -0.343 e. The summed E-state index contributed by atoms with van der Waals surface area (Å²) in [5.41, 5.74) is 7.21. The van der Waals surface area contributed by atoms with Crippen molar-refractivity contribution in [1.82, 2.24) is 9.13 Å². The van der Waals surface area contributed by atoms with Crippen LogP contribution >= 0.6 is 0 Å². The number of aryl methyl sites for hydroxylation is 2. The second-order valence-electron chi connectivity index (χ2n) is 14.5. The van der Waals surface area contributed by atoms with Gasteiger partial charge in [0.15, 0.2) is 10.9 Å². The van der Waals surface area contributed by atoms with Crippen molar-refractivity contribution in [3.8, 4) is 22.3 Å². The van der Waals surface area contributed by atoms with E-state index in [0.717, 1.165) is 87.4 Å². The lowest BCUT2D eigenvalue weighted by Gasteiger charge is -2.20. The molecule has 54 heavy (non-hydrogen) atoms. The zero-order valence-corrected chi connectivity index (χ0v) is 29.7. The first-order valence-electron chi connectivity index (χ1n) is 18.3. The molecule has 254 valence electrons. The number of nitrogens with zero attached hydrogens (tertiary/aromatic N) is 2. The maximum atomic E-state index is 14.7. The van der Waals surface area contributed by atoms with Crippen molar-refractivity contribution in [3.63, 3.8) is 0 Å². The molecule has 2 heterocycles. The van der Waals surface area contributed by atoms with Crippen molar-refractivity contribution in [2.75, 3.05) is 0 Å². The summed E-state index contributed by atoms with van der Waals surface area (Å²) < 4.78 is 4.22. The Labute approximate surface area is 309 Å². The maximum Gasteiger partial charge on any atom is 0.197 e. The molecule has 9 aromatic carbocycles. The van der Waals surface area contributed by atoms with E-state index in [0.29, 0.717) is 21.5 Å². The topological polar surface area (TPSA) is 44.0 Å². The smallest absolute Gasteiger partial charge is 0.197 e.